The highest BCUT2D eigenvalue weighted by molar-refractivity contribution is 7.99. The van der Waals surface area contributed by atoms with Gasteiger partial charge in [0.25, 0.3) is 0 Å². The van der Waals surface area contributed by atoms with E-state index in [1.54, 1.807) is 0 Å². The molecule has 0 spiro atoms. The van der Waals surface area contributed by atoms with E-state index in [2.05, 4.69) is 43.4 Å². The first kappa shape index (κ1) is 14.0. The Kier molecular flexibility index (Phi) is 3.79. The number of aryl methyl sites for hydroxylation is 2. The second-order valence-corrected chi connectivity index (χ2v) is 7.36. The van der Waals surface area contributed by atoms with Crippen LogP contribution in [0.25, 0.3) is 0 Å². The maximum absolute atomic E-state index is 9.71. The number of thioether (sulfide) groups is 1. The van der Waals surface area contributed by atoms with E-state index in [1.807, 2.05) is 11.8 Å². The standard InChI is InChI=1S/C17H22N2S/c1-12-3-8-16(9-13(12)2)20-11-17(10-18,14-4-5-14)19-15-6-7-15/h3,8-9,14-15,19H,4-7,11H2,1-2H3. The molecule has 0 radical (unpaired) electrons. The first-order valence-corrected chi connectivity index (χ1v) is 8.50. The highest BCUT2D eigenvalue weighted by Crippen LogP contribution is 2.43. The summed E-state index contributed by atoms with van der Waals surface area (Å²) in [7, 11) is 0. The molecule has 3 rings (SSSR count). The zero-order chi connectivity index (χ0) is 14.2. The molecule has 0 bridgehead atoms. The monoisotopic (exact) mass is 286 g/mol. The van der Waals surface area contributed by atoms with Crippen LogP contribution in [0.15, 0.2) is 23.1 Å². The summed E-state index contributed by atoms with van der Waals surface area (Å²) < 4.78 is 0. The SMILES string of the molecule is Cc1ccc(SCC(C#N)(NC2CC2)C2CC2)cc1C. The van der Waals surface area contributed by atoms with E-state index >= 15 is 0 Å². The van der Waals surface area contributed by atoms with Crippen LogP contribution in [0.5, 0.6) is 0 Å². The van der Waals surface area contributed by atoms with E-state index in [4.69, 9.17) is 0 Å². The van der Waals surface area contributed by atoms with E-state index in [0.29, 0.717) is 12.0 Å². The van der Waals surface area contributed by atoms with Crippen LogP contribution in [-0.2, 0) is 0 Å². The fraction of sp³-hybridized carbons (Fsp3) is 0.588. The minimum absolute atomic E-state index is 0.301. The first-order valence-electron chi connectivity index (χ1n) is 7.52. The Morgan fingerprint density at radius 1 is 1.25 bits per heavy atom. The van der Waals surface area contributed by atoms with E-state index < -0.39 is 0 Å². The van der Waals surface area contributed by atoms with Crippen molar-refractivity contribution >= 4 is 11.8 Å². The number of hydrogen-bond acceptors (Lipinski definition) is 3. The summed E-state index contributed by atoms with van der Waals surface area (Å²) in [6.07, 6.45) is 4.90. The van der Waals surface area contributed by atoms with Gasteiger partial charge in [0.1, 0.15) is 5.54 Å². The fourth-order valence-corrected chi connectivity index (χ4v) is 3.80. The van der Waals surface area contributed by atoms with Gasteiger partial charge in [-0.1, -0.05) is 6.07 Å². The smallest absolute Gasteiger partial charge is 0.119 e. The summed E-state index contributed by atoms with van der Waals surface area (Å²) in [4.78, 5) is 1.28. The van der Waals surface area contributed by atoms with E-state index in [0.717, 1.165) is 5.75 Å². The van der Waals surface area contributed by atoms with Crippen molar-refractivity contribution in [2.75, 3.05) is 5.75 Å². The van der Waals surface area contributed by atoms with Crippen LogP contribution in [0.1, 0.15) is 36.8 Å². The van der Waals surface area contributed by atoms with Gasteiger partial charge in [0.2, 0.25) is 0 Å². The quantitative estimate of drug-likeness (QED) is 0.808. The van der Waals surface area contributed by atoms with Crippen molar-refractivity contribution in [1.82, 2.24) is 5.32 Å². The van der Waals surface area contributed by atoms with E-state index in [-0.39, 0.29) is 5.54 Å². The van der Waals surface area contributed by atoms with Crippen LogP contribution in [0.2, 0.25) is 0 Å². The van der Waals surface area contributed by atoms with Gasteiger partial charge in [-0.3, -0.25) is 5.32 Å². The van der Waals surface area contributed by atoms with Gasteiger partial charge in [-0.05, 0) is 68.7 Å². The third-order valence-electron chi connectivity index (χ3n) is 4.46. The second-order valence-electron chi connectivity index (χ2n) is 6.31. The fourth-order valence-electron chi connectivity index (χ4n) is 2.60. The van der Waals surface area contributed by atoms with Gasteiger partial charge in [0.05, 0.1) is 6.07 Å². The summed E-state index contributed by atoms with van der Waals surface area (Å²) >= 11 is 1.83. The molecular formula is C17H22N2S. The maximum atomic E-state index is 9.71. The first-order chi connectivity index (χ1) is 9.63. The van der Waals surface area contributed by atoms with Crippen molar-refractivity contribution in [1.29, 1.82) is 5.26 Å². The summed E-state index contributed by atoms with van der Waals surface area (Å²) in [5, 5.41) is 13.3. The highest BCUT2D eigenvalue weighted by atomic mass is 32.2. The largest absolute Gasteiger partial charge is 0.296 e. The predicted octanol–water partition coefficient (Wildman–Crippen LogP) is 3.82. The van der Waals surface area contributed by atoms with E-state index in [9.17, 15) is 5.26 Å². The van der Waals surface area contributed by atoms with Crippen molar-refractivity contribution in [3.63, 3.8) is 0 Å². The van der Waals surface area contributed by atoms with Crippen molar-refractivity contribution in [3.05, 3.63) is 29.3 Å². The maximum Gasteiger partial charge on any atom is 0.119 e. The minimum atomic E-state index is -0.301. The second kappa shape index (κ2) is 5.42. The van der Waals surface area contributed by atoms with Crippen LogP contribution in [0.3, 0.4) is 0 Å². The molecule has 0 saturated heterocycles. The molecule has 2 aliphatic rings. The number of rotatable bonds is 6. The van der Waals surface area contributed by atoms with Gasteiger partial charge in [-0.25, -0.2) is 0 Å². The molecule has 2 fully saturated rings. The lowest BCUT2D eigenvalue weighted by Crippen LogP contribution is -2.49. The third kappa shape index (κ3) is 3.02. The van der Waals surface area contributed by atoms with Crippen LogP contribution in [0.4, 0.5) is 0 Å². The van der Waals surface area contributed by atoms with Gasteiger partial charge in [-0.2, -0.15) is 5.26 Å². The van der Waals surface area contributed by atoms with Gasteiger partial charge in [-0.15, -0.1) is 11.8 Å². The summed E-state index contributed by atoms with van der Waals surface area (Å²) in [5.74, 6) is 1.43. The Balaban J connectivity index is 1.69. The predicted molar refractivity (Wildman–Crippen MR) is 83.9 cm³/mol. The topological polar surface area (TPSA) is 35.8 Å². The molecular weight excluding hydrogens is 264 g/mol. The van der Waals surface area contributed by atoms with Crippen LogP contribution >= 0.6 is 11.8 Å². The molecule has 0 aliphatic heterocycles. The summed E-state index contributed by atoms with van der Waals surface area (Å²) in [6, 6.07) is 9.81. The molecule has 1 N–H and O–H groups in total. The molecule has 3 heteroatoms. The summed E-state index contributed by atoms with van der Waals surface area (Å²) in [5.41, 5.74) is 2.36. The summed E-state index contributed by atoms with van der Waals surface area (Å²) in [6.45, 7) is 4.29. The molecule has 0 aromatic heterocycles. The Morgan fingerprint density at radius 2 is 2.00 bits per heavy atom. The number of benzene rings is 1. The molecule has 2 saturated carbocycles. The number of hydrogen-bond donors (Lipinski definition) is 1. The zero-order valence-electron chi connectivity index (χ0n) is 12.3. The third-order valence-corrected chi connectivity index (χ3v) is 5.64. The van der Waals surface area contributed by atoms with Gasteiger partial charge in [0.15, 0.2) is 0 Å². The molecule has 1 aromatic carbocycles. The van der Waals surface area contributed by atoms with Crippen molar-refractivity contribution in [3.8, 4) is 6.07 Å². The zero-order valence-corrected chi connectivity index (χ0v) is 13.1. The lowest BCUT2D eigenvalue weighted by atomic mass is 9.97. The molecule has 20 heavy (non-hydrogen) atoms. The van der Waals surface area contributed by atoms with Gasteiger partial charge >= 0.3 is 0 Å². The van der Waals surface area contributed by atoms with Gasteiger partial charge < -0.3 is 0 Å². The van der Waals surface area contributed by atoms with Crippen molar-refractivity contribution < 1.29 is 0 Å². The molecule has 106 valence electrons. The van der Waals surface area contributed by atoms with Gasteiger partial charge in [0, 0.05) is 16.7 Å². The van der Waals surface area contributed by atoms with Crippen LogP contribution in [0, 0.1) is 31.1 Å². The molecule has 1 atom stereocenters. The Labute approximate surface area is 125 Å². The number of nitrogens with one attached hydrogen (secondary N) is 1. The average Bonchev–Trinajstić information content (AvgIpc) is 3.31. The van der Waals surface area contributed by atoms with Crippen LogP contribution < -0.4 is 5.32 Å². The lowest BCUT2D eigenvalue weighted by molar-refractivity contribution is 0.401. The van der Waals surface area contributed by atoms with Crippen molar-refractivity contribution in [2.24, 2.45) is 5.92 Å². The highest BCUT2D eigenvalue weighted by Gasteiger charge is 2.48. The minimum Gasteiger partial charge on any atom is -0.296 e. The normalized spacial score (nSPS) is 21.2. The Morgan fingerprint density at radius 3 is 2.55 bits per heavy atom. The molecule has 0 heterocycles. The average molecular weight is 286 g/mol. The number of nitrogens with zero attached hydrogens (tertiary/aromatic N) is 1. The molecule has 1 unspecified atom stereocenters. The van der Waals surface area contributed by atoms with Crippen LogP contribution in [-0.4, -0.2) is 17.3 Å². The lowest BCUT2D eigenvalue weighted by Gasteiger charge is -2.28. The molecule has 2 nitrogen and oxygen atoms in total. The Hall–Kier alpha value is -0.980. The number of nitriles is 1. The molecule has 2 aliphatic carbocycles. The molecule has 0 amide bonds. The van der Waals surface area contributed by atoms with E-state index in [1.165, 1.54) is 41.7 Å². The Bertz CT molecular complexity index is 540. The molecule has 1 aromatic rings. The van der Waals surface area contributed by atoms with Crippen molar-refractivity contribution in [2.45, 2.75) is 56.0 Å².